The van der Waals surface area contributed by atoms with Crippen molar-refractivity contribution in [2.24, 2.45) is 4.99 Å². The lowest BCUT2D eigenvalue weighted by Crippen LogP contribution is -2.38. The van der Waals surface area contributed by atoms with Gasteiger partial charge in [0.15, 0.2) is 5.96 Å². The SMILES string of the molecule is CCNC(=NCc1cnn(Cc2ccccc2)c1)NCCCOCC1CCCO1. The summed E-state index contributed by atoms with van der Waals surface area (Å²) < 4.78 is 13.2. The largest absolute Gasteiger partial charge is 0.379 e. The molecule has 1 atom stereocenters. The molecule has 158 valence electrons. The molecule has 1 aromatic carbocycles. The van der Waals surface area contributed by atoms with Crippen LogP contribution in [0.15, 0.2) is 47.7 Å². The second kappa shape index (κ2) is 12.2. The zero-order valence-electron chi connectivity index (χ0n) is 17.3. The Morgan fingerprint density at radius 1 is 1.28 bits per heavy atom. The Morgan fingerprint density at radius 2 is 2.17 bits per heavy atom. The minimum absolute atomic E-state index is 0.296. The highest BCUT2D eigenvalue weighted by atomic mass is 16.5. The molecular formula is C22H33N5O2. The standard InChI is InChI=1S/C22H33N5O2/c1-2-23-22(24-11-7-12-28-18-21-10-6-13-29-21)25-14-20-15-26-27(17-20)16-19-8-4-3-5-9-19/h3-5,8-9,15,17,21H,2,6-7,10-14,16,18H2,1H3,(H2,23,24,25). The number of guanidine groups is 1. The van der Waals surface area contributed by atoms with Gasteiger partial charge in [-0.15, -0.1) is 0 Å². The van der Waals surface area contributed by atoms with E-state index in [-0.39, 0.29) is 0 Å². The molecule has 7 heteroatoms. The van der Waals surface area contributed by atoms with Gasteiger partial charge in [-0.05, 0) is 31.7 Å². The molecule has 3 rings (SSSR count). The maximum absolute atomic E-state index is 5.70. The van der Waals surface area contributed by atoms with Crippen LogP contribution in [0.25, 0.3) is 0 Å². The van der Waals surface area contributed by atoms with Gasteiger partial charge in [0.1, 0.15) is 0 Å². The van der Waals surface area contributed by atoms with Crippen LogP contribution in [0.5, 0.6) is 0 Å². The van der Waals surface area contributed by atoms with Gasteiger partial charge < -0.3 is 20.1 Å². The third-order valence-electron chi connectivity index (χ3n) is 4.72. The van der Waals surface area contributed by atoms with Crippen molar-refractivity contribution in [1.82, 2.24) is 20.4 Å². The van der Waals surface area contributed by atoms with E-state index in [0.29, 0.717) is 19.3 Å². The Balaban J connectivity index is 1.37. The average molecular weight is 400 g/mol. The van der Waals surface area contributed by atoms with E-state index in [9.17, 15) is 0 Å². The summed E-state index contributed by atoms with van der Waals surface area (Å²) in [6.45, 7) is 7.41. The molecule has 1 saturated heterocycles. The summed E-state index contributed by atoms with van der Waals surface area (Å²) in [5.74, 6) is 0.822. The van der Waals surface area contributed by atoms with Gasteiger partial charge in [0.25, 0.3) is 0 Å². The maximum Gasteiger partial charge on any atom is 0.191 e. The van der Waals surface area contributed by atoms with E-state index < -0.39 is 0 Å². The average Bonchev–Trinajstić information content (AvgIpc) is 3.41. The number of aliphatic imine (C=N–C) groups is 1. The fraction of sp³-hybridized carbons (Fsp3) is 0.545. The highest BCUT2D eigenvalue weighted by Crippen LogP contribution is 2.11. The summed E-state index contributed by atoms with van der Waals surface area (Å²) in [6, 6.07) is 10.3. The Morgan fingerprint density at radius 3 is 2.97 bits per heavy atom. The van der Waals surface area contributed by atoms with Crippen LogP contribution in [0.2, 0.25) is 0 Å². The molecule has 1 aromatic heterocycles. The van der Waals surface area contributed by atoms with Crippen LogP contribution in [0.1, 0.15) is 37.3 Å². The molecule has 2 heterocycles. The van der Waals surface area contributed by atoms with Crippen molar-refractivity contribution in [2.75, 3.05) is 32.9 Å². The second-order valence-corrected chi connectivity index (χ2v) is 7.22. The van der Waals surface area contributed by atoms with E-state index >= 15 is 0 Å². The van der Waals surface area contributed by atoms with Gasteiger partial charge in [-0.2, -0.15) is 5.10 Å². The summed E-state index contributed by atoms with van der Waals surface area (Å²) in [7, 11) is 0. The monoisotopic (exact) mass is 399 g/mol. The predicted octanol–water partition coefficient (Wildman–Crippen LogP) is 2.57. The molecular weight excluding hydrogens is 366 g/mol. The molecule has 1 aliphatic heterocycles. The first-order valence-electron chi connectivity index (χ1n) is 10.6. The van der Waals surface area contributed by atoms with Crippen LogP contribution in [0.3, 0.4) is 0 Å². The molecule has 7 nitrogen and oxygen atoms in total. The number of nitrogens with zero attached hydrogens (tertiary/aromatic N) is 3. The summed E-state index contributed by atoms with van der Waals surface area (Å²) in [5.41, 5.74) is 2.33. The first kappa shape index (κ1) is 21.3. The number of nitrogens with one attached hydrogen (secondary N) is 2. The number of ether oxygens (including phenoxy) is 2. The van der Waals surface area contributed by atoms with Crippen molar-refractivity contribution in [3.8, 4) is 0 Å². The lowest BCUT2D eigenvalue weighted by atomic mass is 10.2. The van der Waals surface area contributed by atoms with Crippen LogP contribution in [-0.2, 0) is 22.6 Å². The lowest BCUT2D eigenvalue weighted by molar-refractivity contribution is 0.0168. The van der Waals surface area contributed by atoms with Crippen molar-refractivity contribution < 1.29 is 9.47 Å². The Labute approximate surface area is 173 Å². The summed E-state index contributed by atoms with van der Waals surface area (Å²) in [4.78, 5) is 4.67. The molecule has 2 N–H and O–H groups in total. The smallest absolute Gasteiger partial charge is 0.191 e. The van der Waals surface area contributed by atoms with Crippen LogP contribution in [0, 0.1) is 0 Å². The van der Waals surface area contributed by atoms with E-state index in [1.807, 2.05) is 29.1 Å². The maximum atomic E-state index is 5.70. The molecule has 29 heavy (non-hydrogen) atoms. The predicted molar refractivity (Wildman–Crippen MR) is 115 cm³/mol. The molecule has 0 radical (unpaired) electrons. The minimum atomic E-state index is 0.296. The van der Waals surface area contributed by atoms with E-state index in [1.54, 1.807) is 0 Å². The van der Waals surface area contributed by atoms with Gasteiger partial charge in [-0.25, -0.2) is 4.99 Å². The molecule has 1 unspecified atom stereocenters. The van der Waals surface area contributed by atoms with Crippen molar-refractivity contribution in [2.45, 2.75) is 45.4 Å². The number of benzene rings is 1. The first-order chi connectivity index (χ1) is 14.3. The summed E-state index contributed by atoms with van der Waals surface area (Å²) >= 11 is 0. The van der Waals surface area contributed by atoms with Crippen LogP contribution < -0.4 is 10.6 Å². The molecule has 0 saturated carbocycles. The van der Waals surface area contributed by atoms with Crippen LogP contribution in [0.4, 0.5) is 0 Å². The summed E-state index contributed by atoms with van der Waals surface area (Å²) in [6.07, 6.45) is 7.45. The lowest BCUT2D eigenvalue weighted by Gasteiger charge is -2.12. The Bertz CT molecular complexity index is 726. The highest BCUT2D eigenvalue weighted by Gasteiger charge is 2.14. The molecule has 0 aliphatic carbocycles. The van der Waals surface area contributed by atoms with E-state index in [2.05, 4.69) is 46.0 Å². The fourth-order valence-corrected chi connectivity index (χ4v) is 3.23. The molecule has 2 aromatic rings. The van der Waals surface area contributed by atoms with Crippen LogP contribution in [-0.4, -0.2) is 54.8 Å². The number of hydrogen-bond acceptors (Lipinski definition) is 4. The molecule has 1 fully saturated rings. The molecule has 0 bridgehead atoms. The minimum Gasteiger partial charge on any atom is -0.379 e. The van der Waals surface area contributed by atoms with Gasteiger partial charge in [0.2, 0.25) is 0 Å². The quantitative estimate of drug-likeness (QED) is 0.345. The van der Waals surface area contributed by atoms with E-state index in [4.69, 9.17) is 9.47 Å². The van der Waals surface area contributed by atoms with Gasteiger partial charge in [-0.1, -0.05) is 30.3 Å². The van der Waals surface area contributed by atoms with Gasteiger partial charge in [-0.3, -0.25) is 4.68 Å². The van der Waals surface area contributed by atoms with E-state index in [0.717, 1.165) is 63.6 Å². The number of aromatic nitrogens is 2. The molecule has 1 aliphatic rings. The van der Waals surface area contributed by atoms with Crippen LogP contribution >= 0.6 is 0 Å². The third kappa shape index (κ3) is 7.87. The first-order valence-corrected chi connectivity index (χ1v) is 10.6. The van der Waals surface area contributed by atoms with Crippen molar-refractivity contribution in [3.63, 3.8) is 0 Å². The zero-order chi connectivity index (χ0) is 20.2. The zero-order valence-corrected chi connectivity index (χ0v) is 17.3. The topological polar surface area (TPSA) is 72.7 Å². The van der Waals surface area contributed by atoms with Crippen molar-refractivity contribution in [3.05, 3.63) is 53.9 Å². The Hall–Kier alpha value is -2.38. The van der Waals surface area contributed by atoms with Crippen molar-refractivity contribution >= 4 is 5.96 Å². The molecule has 0 amide bonds. The Kier molecular flexibility index (Phi) is 9.00. The highest BCUT2D eigenvalue weighted by molar-refractivity contribution is 5.79. The van der Waals surface area contributed by atoms with Gasteiger partial charge >= 0.3 is 0 Å². The third-order valence-corrected chi connectivity index (χ3v) is 4.72. The number of hydrogen-bond donors (Lipinski definition) is 2. The molecule has 0 spiro atoms. The number of rotatable bonds is 11. The van der Waals surface area contributed by atoms with Gasteiger partial charge in [0, 0.05) is 38.1 Å². The van der Waals surface area contributed by atoms with E-state index in [1.165, 1.54) is 5.56 Å². The van der Waals surface area contributed by atoms with Crippen molar-refractivity contribution in [1.29, 1.82) is 0 Å². The normalized spacial score (nSPS) is 16.9. The summed E-state index contributed by atoms with van der Waals surface area (Å²) in [5, 5.41) is 11.1. The second-order valence-electron chi connectivity index (χ2n) is 7.22. The van der Waals surface area contributed by atoms with Gasteiger partial charge in [0.05, 0.1) is 32.0 Å². The fourth-order valence-electron chi connectivity index (χ4n) is 3.23.